The van der Waals surface area contributed by atoms with Crippen molar-refractivity contribution in [1.29, 1.82) is 0 Å². The van der Waals surface area contributed by atoms with Crippen molar-refractivity contribution < 1.29 is 0 Å². The molecule has 1 aromatic heterocycles. The summed E-state index contributed by atoms with van der Waals surface area (Å²) in [4.78, 5) is 10.5. The van der Waals surface area contributed by atoms with Crippen LogP contribution in [0.15, 0.2) is 17.4 Å². The highest BCUT2D eigenvalue weighted by Gasteiger charge is 1.93. The van der Waals surface area contributed by atoms with Crippen LogP contribution in [0.5, 0.6) is 0 Å². The fraction of sp³-hybridized carbons (Fsp3) is 0.250. The monoisotopic (exact) mass is 143 g/mol. The lowest BCUT2D eigenvalue weighted by Gasteiger charge is -1.84. The average Bonchev–Trinajstić information content (AvgIpc) is 2.18. The molecule has 9 heavy (non-hydrogen) atoms. The molecule has 4 nitrogen and oxygen atoms in total. The summed E-state index contributed by atoms with van der Waals surface area (Å²) < 4.78 is 4.68. The van der Waals surface area contributed by atoms with E-state index in [9.17, 15) is 4.79 Å². The second-order valence-electron chi connectivity index (χ2n) is 1.40. The van der Waals surface area contributed by atoms with Crippen molar-refractivity contribution >= 4 is 11.5 Å². The first-order valence-electron chi connectivity index (χ1n) is 2.35. The molecule has 0 aliphatic rings. The number of aromatic nitrogens is 3. The summed E-state index contributed by atoms with van der Waals surface area (Å²) in [5, 5.41) is 3.51. The highest BCUT2D eigenvalue weighted by Crippen LogP contribution is 1.76. The summed E-state index contributed by atoms with van der Waals surface area (Å²) in [6.07, 6.45) is 1.60. The van der Waals surface area contributed by atoms with E-state index in [-0.39, 0.29) is 4.87 Å². The zero-order valence-corrected chi connectivity index (χ0v) is 5.47. The van der Waals surface area contributed by atoms with Crippen molar-refractivity contribution in [1.82, 2.24) is 14.4 Å². The summed E-state index contributed by atoms with van der Waals surface area (Å²) in [5.74, 6) is 0. The number of hydrogen-bond acceptors (Lipinski definition) is 4. The van der Waals surface area contributed by atoms with E-state index in [4.69, 9.17) is 0 Å². The van der Waals surface area contributed by atoms with Gasteiger partial charge in [-0.05, 0) is 0 Å². The van der Waals surface area contributed by atoms with E-state index >= 15 is 0 Å². The Labute approximate surface area is 55.6 Å². The van der Waals surface area contributed by atoms with Crippen LogP contribution in [0.1, 0.15) is 0 Å². The van der Waals surface area contributed by atoms with Crippen LogP contribution in [-0.2, 0) is 6.54 Å². The predicted molar refractivity (Wildman–Crippen MR) is 34.4 cm³/mol. The van der Waals surface area contributed by atoms with Crippen molar-refractivity contribution in [2.75, 3.05) is 0 Å². The van der Waals surface area contributed by atoms with Crippen LogP contribution in [0, 0.1) is 0 Å². The maximum absolute atomic E-state index is 10.6. The molecule has 1 rings (SSSR count). The molecule has 0 N–H and O–H groups in total. The highest BCUT2D eigenvalue weighted by molar-refractivity contribution is 7.02. The van der Waals surface area contributed by atoms with Gasteiger partial charge in [-0.1, -0.05) is 15.8 Å². The minimum atomic E-state index is -0.144. The number of nitrogens with zero attached hydrogens (tertiary/aromatic N) is 3. The molecule has 0 amide bonds. The molecule has 0 bridgehead atoms. The van der Waals surface area contributed by atoms with Gasteiger partial charge in [0, 0.05) is 0 Å². The van der Waals surface area contributed by atoms with E-state index in [0.29, 0.717) is 6.54 Å². The lowest BCUT2D eigenvalue weighted by Crippen LogP contribution is -2.12. The molecule has 0 unspecified atom stereocenters. The van der Waals surface area contributed by atoms with Crippen molar-refractivity contribution in [2.24, 2.45) is 0 Å². The Hall–Kier alpha value is -0.970. The molecule has 0 aromatic carbocycles. The fourth-order valence-corrected chi connectivity index (χ4v) is 0.814. The molecule has 0 saturated carbocycles. The third-order valence-corrected chi connectivity index (χ3v) is 1.30. The average molecular weight is 143 g/mol. The fourth-order valence-electron chi connectivity index (χ4n) is 0.414. The van der Waals surface area contributed by atoms with Crippen LogP contribution in [0.3, 0.4) is 0 Å². The minimum absolute atomic E-state index is 0.144. The van der Waals surface area contributed by atoms with E-state index in [2.05, 4.69) is 16.3 Å². The largest absolute Gasteiger partial charge is 0.344 e. The third kappa shape index (κ3) is 1.23. The molecule has 0 fully saturated rings. The lowest BCUT2D eigenvalue weighted by molar-refractivity contribution is 0.644. The summed E-state index contributed by atoms with van der Waals surface area (Å²) in [6, 6.07) is 0. The van der Waals surface area contributed by atoms with E-state index in [1.54, 1.807) is 6.08 Å². The first kappa shape index (κ1) is 6.15. The molecular weight excluding hydrogens is 138 g/mol. The first-order chi connectivity index (χ1) is 4.34. The van der Waals surface area contributed by atoms with Gasteiger partial charge in [-0.25, -0.2) is 0 Å². The molecule has 0 aliphatic heterocycles. The van der Waals surface area contributed by atoms with Gasteiger partial charge < -0.3 is 0 Å². The first-order valence-corrected chi connectivity index (χ1v) is 3.12. The predicted octanol–water partition coefficient (Wildman–Crippen LogP) is -0.114. The van der Waals surface area contributed by atoms with E-state index in [1.165, 1.54) is 4.68 Å². The van der Waals surface area contributed by atoms with Crippen LogP contribution in [-0.4, -0.2) is 14.4 Å². The number of rotatable bonds is 2. The van der Waals surface area contributed by atoms with Crippen molar-refractivity contribution in [2.45, 2.75) is 6.54 Å². The van der Waals surface area contributed by atoms with Crippen molar-refractivity contribution in [3.05, 3.63) is 22.3 Å². The number of hydrogen-bond donors (Lipinski definition) is 0. The molecule has 0 aliphatic carbocycles. The van der Waals surface area contributed by atoms with Gasteiger partial charge in [-0.3, -0.25) is 4.79 Å². The summed E-state index contributed by atoms with van der Waals surface area (Å²) in [5.41, 5.74) is 0. The topological polar surface area (TPSA) is 47.8 Å². The van der Waals surface area contributed by atoms with Gasteiger partial charge in [0.15, 0.2) is 0 Å². The lowest BCUT2D eigenvalue weighted by atomic mass is 10.6. The van der Waals surface area contributed by atoms with Gasteiger partial charge in [0.05, 0.1) is 18.1 Å². The van der Waals surface area contributed by atoms with Gasteiger partial charge in [0.25, 0.3) is 0 Å². The third-order valence-electron chi connectivity index (χ3n) is 0.776. The van der Waals surface area contributed by atoms with Gasteiger partial charge in [-0.2, -0.15) is 4.68 Å². The smallest absolute Gasteiger partial charge is 0.253 e. The Bertz CT molecular complexity index is 250. The Kier molecular flexibility index (Phi) is 1.74. The van der Waals surface area contributed by atoms with Crippen LogP contribution in [0.4, 0.5) is 0 Å². The maximum Gasteiger partial charge on any atom is 0.344 e. The molecule has 0 spiro atoms. The van der Waals surface area contributed by atoms with Crippen LogP contribution < -0.4 is 4.87 Å². The Morgan fingerprint density at radius 3 is 3.11 bits per heavy atom. The minimum Gasteiger partial charge on any atom is -0.253 e. The van der Waals surface area contributed by atoms with Gasteiger partial charge in [0.1, 0.15) is 0 Å². The summed E-state index contributed by atoms with van der Waals surface area (Å²) in [7, 11) is 0. The van der Waals surface area contributed by atoms with E-state index in [1.807, 2.05) is 0 Å². The van der Waals surface area contributed by atoms with Crippen molar-refractivity contribution in [3.8, 4) is 0 Å². The second-order valence-corrected chi connectivity index (χ2v) is 2.09. The molecular formula is C4H5N3OS. The van der Waals surface area contributed by atoms with E-state index < -0.39 is 0 Å². The normalized spacial score (nSPS) is 9.33. The molecule has 0 saturated heterocycles. The quantitative estimate of drug-likeness (QED) is 0.542. The molecule has 5 heteroatoms. The standard InChI is InChI=1S/C4H5N3OS/c1-2-3-7-4(8)9-6-5-7/h2H,1,3H2. The van der Waals surface area contributed by atoms with Gasteiger partial charge in [-0.15, -0.1) is 6.58 Å². The molecule has 1 heterocycles. The summed E-state index contributed by atoms with van der Waals surface area (Å²) in [6.45, 7) is 3.89. The van der Waals surface area contributed by atoms with Crippen LogP contribution in [0.25, 0.3) is 0 Å². The van der Waals surface area contributed by atoms with Gasteiger partial charge >= 0.3 is 4.87 Å². The summed E-state index contributed by atoms with van der Waals surface area (Å²) >= 11 is 0.843. The Balaban J connectivity index is 2.93. The Morgan fingerprint density at radius 1 is 1.89 bits per heavy atom. The maximum atomic E-state index is 10.6. The molecule has 48 valence electrons. The SMILES string of the molecule is C=CCn1nnsc1=O. The van der Waals surface area contributed by atoms with Gasteiger partial charge in [0.2, 0.25) is 0 Å². The zero-order chi connectivity index (χ0) is 6.69. The Morgan fingerprint density at radius 2 is 2.67 bits per heavy atom. The molecule has 0 atom stereocenters. The highest BCUT2D eigenvalue weighted by atomic mass is 32.1. The molecule has 0 radical (unpaired) electrons. The van der Waals surface area contributed by atoms with Crippen LogP contribution in [0.2, 0.25) is 0 Å². The zero-order valence-electron chi connectivity index (χ0n) is 4.65. The number of allylic oxidation sites excluding steroid dienone is 1. The molecule has 1 aromatic rings. The second kappa shape index (κ2) is 2.54. The van der Waals surface area contributed by atoms with E-state index in [0.717, 1.165) is 11.5 Å². The van der Waals surface area contributed by atoms with Crippen molar-refractivity contribution in [3.63, 3.8) is 0 Å². The van der Waals surface area contributed by atoms with Crippen LogP contribution >= 0.6 is 11.5 Å².